The number of aryl methyl sites for hydroxylation is 1. The van der Waals surface area contributed by atoms with Crippen molar-refractivity contribution in [3.05, 3.63) is 23.7 Å². The summed E-state index contributed by atoms with van der Waals surface area (Å²) in [5.41, 5.74) is 1.25. The molecule has 1 fully saturated rings. The summed E-state index contributed by atoms with van der Waals surface area (Å²) in [7, 11) is 1.87. The summed E-state index contributed by atoms with van der Waals surface area (Å²) in [5.74, 6) is 1.31. The number of carbonyl (C=O) groups excluding carboxylic acids is 1. The number of likely N-dealkylation sites (tertiary alicyclic amines) is 1. The summed E-state index contributed by atoms with van der Waals surface area (Å²) < 4.78 is 5.46. The Morgan fingerprint density at radius 3 is 3.06 bits per heavy atom. The van der Waals surface area contributed by atoms with Gasteiger partial charge >= 0.3 is 0 Å². The number of rotatable bonds is 2. The highest BCUT2D eigenvalue weighted by atomic mass is 16.3. The number of nitrogens with zero attached hydrogens (tertiary/aromatic N) is 1. The molecular weight excluding hydrogens is 216 g/mol. The SMILES string of the molecule is CN1CCC(NC2CCCc3occc32)C1=O. The van der Waals surface area contributed by atoms with E-state index in [-0.39, 0.29) is 18.0 Å². The summed E-state index contributed by atoms with van der Waals surface area (Å²) in [6, 6.07) is 2.32. The zero-order chi connectivity index (χ0) is 11.8. The van der Waals surface area contributed by atoms with Crippen molar-refractivity contribution in [3.8, 4) is 0 Å². The molecule has 2 heterocycles. The number of carbonyl (C=O) groups is 1. The Morgan fingerprint density at radius 1 is 1.41 bits per heavy atom. The van der Waals surface area contributed by atoms with Gasteiger partial charge in [0.15, 0.2) is 0 Å². The Morgan fingerprint density at radius 2 is 2.29 bits per heavy atom. The smallest absolute Gasteiger partial charge is 0.239 e. The topological polar surface area (TPSA) is 45.5 Å². The van der Waals surface area contributed by atoms with Crippen LogP contribution >= 0.6 is 0 Å². The van der Waals surface area contributed by atoms with E-state index in [0.29, 0.717) is 0 Å². The minimum absolute atomic E-state index is 0.00847. The first-order valence-electron chi connectivity index (χ1n) is 6.33. The van der Waals surface area contributed by atoms with Crippen LogP contribution < -0.4 is 5.32 Å². The van der Waals surface area contributed by atoms with E-state index in [1.807, 2.05) is 13.1 Å². The molecular formula is C13H18N2O2. The molecule has 1 amide bonds. The first-order chi connectivity index (χ1) is 8.25. The highest BCUT2D eigenvalue weighted by Gasteiger charge is 2.32. The van der Waals surface area contributed by atoms with Crippen molar-refractivity contribution in [3.63, 3.8) is 0 Å². The van der Waals surface area contributed by atoms with E-state index < -0.39 is 0 Å². The van der Waals surface area contributed by atoms with Crippen LogP contribution in [0.3, 0.4) is 0 Å². The molecule has 2 unspecified atom stereocenters. The molecule has 1 aromatic rings. The van der Waals surface area contributed by atoms with Gasteiger partial charge in [-0.15, -0.1) is 0 Å². The van der Waals surface area contributed by atoms with Crippen molar-refractivity contribution >= 4 is 5.91 Å². The predicted molar refractivity (Wildman–Crippen MR) is 63.6 cm³/mol. The second kappa shape index (κ2) is 4.18. The van der Waals surface area contributed by atoms with Gasteiger partial charge in [-0.05, 0) is 25.3 Å². The van der Waals surface area contributed by atoms with E-state index in [1.54, 1.807) is 11.2 Å². The van der Waals surface area contributed by atoms with Crippen LogP contribution in [-0.4, -0.2) is 30.4 Å². The zero-order valence-corrected chi connectivity index (χ0v) is 10.1. The van der Waals surface area contributed by atoms with E-state index in [0.717, 1.165) is 38.0 Å². The Balaban J connectivity index is 1.73. The van der Waals surface area contributed by atoms with Crippen molar-refractivity contribution in [1.82, 2.24) is 10.2 Å². The number of hydrogen-bond acceptors (Lipinski definition) is 3. The first kappa shape index (κ1) is 10.8. The average Bonchev–Trinajstić information content (AvgIpc) is 2.91. The molecule has 2 atom stereocenters. The van der Waals surface area contributed by atoms with Crippen LogP contribution in [0.4, 0.5) is 0 Å². The maximum atomic E-state index is 11.9. The molecule has 0 saturated carbocycles. The molecule has 0 aromatic carbocycles. The molecule has 4 nitrogen and oxygen atoms in total. The molecule has 3 rings (SSSR count). The number of likely N-dealkylation sites (N-methyl/N-ethyl adjacent to an activating group) is 1. The van der Waals surface area contributed by atoms with E-state index in [1.165, 1.54) is 5.56 Å². The lowest BCUT2D eigenvalue weighted by molar-refractivity contribution is -0.128. The van der Waals surface area contributed by atoms with E-state index in [4.69, 9.17) is 4.42 Å². The third-order valence-corrected chi connectivity index (χ3v) is 3.88. The lowest BCUT2D eigenvalue weighted by atomic mass is 9.93. The summed E-state index contributed by atoms with van der Waals surface area (Å²) in [6.07, 6.45) is 5.93. The van der Waals surface area contributed by atoms with Crippen molar-refractivity contribution < 1.29 is 9.21 Å². The lowest BCUT2D eigenvalue weighted by Gasteiger charge is -2.25. The van der Waals surface area contributed by atoms with Crippen LogP contribution in [0.2, 0.25) is 0 Å². The molecule has 17 heavy (non-hydrogen) atoms. The second-order valence-electron chi connectivity index (χ2n) is 5.01. The zero-order valence-electron chi connectivity index (χ0n) is 10.1. The van der Waals surface area contributed by atoms with Crippen LogP contribution in [0.1, 0.15) is 36.6 Å². The van der Waals surface area contributed by atoms with Crippen LogP contribution in [0.5, 0.6) is 0 Å². The maximum absolute atomic E-state index is 11.9. The molecule has 0 spiro atoms. The van der Waals surface area contributed by atoms with Gasteiger partial charge in [-0.25, -0.2) is 0 Å². The molecule has 4 heteroatoms. The third-order valence-electron chi connectivity index (χ3n) is 3.88. The molecule has 1 N–H and O–H groups in total. The van der Waals surface area contributed by atoms with Crippen molar-refractivity contribution in [2.75, 3.05) is 13.6 Å². The Kier molecular flexibility index (Phi) is 2.67. The minimum atomic E-state index is -0.00847. The van der Waals surface area contributed by atoms with Gasteiger partial charge in [0, 0.05) is 31.6 Å². The molecule has 92 valence electrons. The maximum Gasteiger partial charge on any atom is 0.239 e. The van der Waals surface area contributed by atoms with Gasteiger partial charge in [-0.2, -0.15) is 0 Å². The van der Waals surface area contributed by atoms with Crippen LogP contribution in [0.25, 0.3) is 0 Å². The quantitative estimate of drug-likeness (QED) is 0.843. The average molecular weight is 234 g/mol. The Labute approximate surface area is 101 Å². The normalized spacial score (nSPS) is 28.5. The molecule has 0 radical (unpaired) electrons. The van der Waals surface area contributed by atoms with Crippen molar-refractivity contribution in [1.29, 1.82) is 0 Å². The largest absolute Gasteiger partial charge is 0.469 e. The molecule has 2 aliphatic rings. The monoisotopic (exact) mass is 234 g/mol. The fourth-order valence-electron chi connectivity index (χ4n) is 2.88. The van der Waals surface area contributed by atoms with Crippen LogP contribution in [0, 0.1) is 0 Å². The summed E-state index contributed by atoms with van der Waals surface area (Å²) >= 11 is 0. The highest BCUT2D eigenvalue weighted by Crippen LogP contribution is 2.31. The lowest BCUT2D eigenvalue weighted by Crippen LogP contribution is -2.39. The highest BCUT2D eigenvalue weighted by molar-refractivity contribution is 5.83. The van der Waals surface area contributed by atoms with E-state index >= 15 is 0 Å². The number of furan rings is 1. The van der Waals surface area contributed by atoms with Gasteiger partial charge in [-0.1, -0.05) is 0 Å². The second-order valence-corrected chi connectivity index (χ2v) is 5.01. The minimum Gasteiger partial charge on any atom is -0.469 e. The van der Waals surface area contributed by atoms with Crippen molar-refractivity contribution in [2.24, 2.45) is 0 Å². The number of amides is 1. The van der Waals surface area contributed by atoms with Crippen LogP contribution in [0.15, 0.2) is 16.7 Å². The van der Waals surface area contributed by atoms with Gasteiger partial charge in [-0.3, -0.25) is 10.1 Å². The molecule has 1 aliphatic heterocycles. The summed E-state index contributed by atoms with van der Waals surface area (Å²) in [5, 5.41) is 3.49. The first-order valence-corrected chi connectivity index (χ1v) is 6.33. The third kappa shape index (κ3) is 1.86. The Hall–Kier alpha value is -1.29. The number of nitrogens with one attached hydrogen (secondary N) is 1. The van der Waals surface area contributed by atoms with Gasteiger partial charge < -0.3 is 9.32 Å². The molecule has 1 saturated heterocycles. The number of hydrogen-bond donors (Lipinski definition) is 1. The fourth-order valence-corrected chi connectivity index (χ4v) is 2.88. The number of fused-ring (bicyclic) bond motifs is 1. The summed E-state index contributed by atoms with van der Waals surface area (Å²) in [6.45, 7) is 0.863. The van der Waals surface area contributed by atoms with E-state index in [2.05, 4.69) is 5.32 Å². The van der Waals surface area contributed by atoms with Gasteiger partial charge in [0.1, 0.15) is 5.76 Å². The van der Waals surface area contributed by atoms with Gasteiger partial charge in [0.25, 0.3) is 0 Å². The predicted octanol–water partition coefficient (Wildman–Crippen LogP) is 1.48. The van der Waals surface area contributed by atoms with Gasteiger partial charge in [0.2, 0.25) is 5.91 Å². The molecule has 1 aliphatic carbocycles. The Bertz CT molecular complexity index is 427. The molecule has 0 bridgehead atoms. The summed E-state index contributed by atoms with van der Waals surface area (Å²) in [4.78, 5) is 13.7. The van der Waals surface area contributed by atoms with Crippen molar-refractivity contribution in [2.45, 2.75) is 37.8 Å². The van der Waals surface area contributed by atoms with E-state index in [9.17, 15) is 4.79 Å². The molecule has 1 aromatic heterocycles. The van der Waals surface area contributed by atoms with Crippen LogP contribution in [-0.2, 0) is 11.2 Å². The fraction of sp³-hybridized carbons (Fsp3) is 0.615. The van der Waals surface area contributed by atoms with Gasteiger partial charge in [0.05, 0.1) is 12.3 Å². The standard InChI is InChI=1S/C13H18N2O2/c1-15-7-5-11(13(15)16)14-10-3-2-4-12-9(10)6-8-17-12/h6,8,10-11,14H,2-5,7H2,1H3.